The minimum absolute atomic E-state index is 0.448. The number of aromatic nitrogens is 1. The van der Waals surface area contributed by atoms with Gasteiger partial charge < -0.3 is 5.73 Å². The number of nitrogens with zero attached hydrogens (tertiary/aromatic N) is 1. The predicted molar refractivity (Wildman–Crippen MR) is 68.2 cm³/mol. The second-order valence-corrected chi connectivity index (χ2v) is 3.15. The first-order chi connectivity index (χ1) is 7.15. The van der Waals surface area contributed by atoms with E-state index in [1.54, 1.807) is 6.07 Å². The minimum Gasteiger partial charge on any atom is -0.366 e. The monoisotopic (exact) mass is 224 g/mol. The molecule has 1 aromatic heterocycles. The lowest BCUT2D eigenvalue weighted by Gasteiger charge is -2.01. The molecule has 0 bridgehead atoms. The Kier molecular flexibility index (Phi) is 6.56. The highest BCUT2D eigenvalue weighted by Crippen LogP contribution is 2.08. The van der Waals surface area contributed by atoms with Crippen LogP contribution in [0.1, 0.15) is 36.7 Å². The zero-order chi connectivity index (χ0) is 11.8. The first-order valence-corrected chi connectivity index (χ1v) is 5.41. The van der Waals surface area contributed by atoms with Crippen molar-refractivity contribution in [2.45, 2.75) is 20.8 Å². The molecule has 3 nitrogen and oxygen atoms in total. The first kappa shape index (κ1) is 13.8. The van der Waals surface area contributed by atoms with Crippen LogP contribution in [0, 0.1) is 0 Å². The number of hydrogen-bond donors (Lipinski definition) is 1. The van der Waals surface area contributed by atoms with Crippen LogP contribution in [-0.4, -0.2) is 10.9 Å². The van der Waals surface area contributed by atoms with E-state index < -0.39 is 5.91 Å². The van der Waals surface area contributed by atoms with Crippen molar-refractivity contribution < 1.29 is 4.79 Å². The molecule has 0 aliphatic heterocycles. The van der Waals surface area contributed by atoms with Gasteiger partial charge in [-0.3, -0.25) is 9.78 Å². The first-order valence-electron chi connectivity index (χ1n) is 4.83. The third-order valence-electron chi connectivity index (χ3n) is 1.57. The lowest BCUT2D eigenvalue weighted by molar-refractivity contribution is 0.1000. The summed E-state index contributed by atoms with van der Waals surface area (Å²) >= 11 is 0. The number of amides is 1. The second kappa shape index (κ2) is 7.13. The molecule has 1 amide bonds. The van der Waals surface area contributed by atoms with Crippen molar-refractivity contribution >= 4 is 26.7 Å². The van der Waals surface area contributed by atoms with Crippen molar-refractivity contribution in [1.82, 2.24) is 4.98 Å². The summed E-state index contributed by atoms with van der Waals surface area (Å²) in [5, 5.41) is 0. The van der Waals surface area contributed by atoms with Crippen molar-refractivity contribution in [2.75, 3.05) is 0 Å². The van der Waals surface area contributed by atoms with Gasteiger partial charge in [0.2, 0.25) is 0 Å². The molecular formula is C11H17N2OP. The maximum Gasteiger partial charge on any atom is 0.250 e. The number of nitrogens with two attached hydrogens (primary N) is 1. The third-order valence-corrected chi connectivity index (χ3v) is 1.88. The molecule has 0 aliphatic carbocycles. The van der Waals surface area contributed by atoms with Crippen LogP contribution in [0.15, 0.2) is 18.3 Å². The summed E-state index contributed by atoms with van der Waals surface area (Å²) in [5.41, 5.74) is 7.21. The van der Waals surface area contributed by atoms with E-state index in [1.165, 1.54) is 6.20 Å². The summed E-state index contributed by atoms with van der Waals surface area (Å²) in [6.45, 7) is 5.88. The van der Waals surface area contributed by atoms with Crippen molar-refractivity contribution in [2.24, 2.45) is 5.73 Å². The highest BCUT2D eigenvalue weighted by Gasteiger charge is 2.05. The quantitative estimate of drug-likeness (QED) is 0.778. The maximum absolute atomic E-state index is 10.9. The molecule has 2 N–H and O–H groups in total. The average Bonchev–Trinajstić information content (AvgIpc) is 2.21. The summed E-state index contributed by atoms with van der Waals surface area (Å²) in [6, 6.07) is 1.80. The number of primary amides is 1. The molecule has 15 heavy (non-hydrogen) atoms. The van der Waals surface area contributed by atoms with Crippen LogP contribution in [0.3, 0.4) is 0 Å². The van der Waals surface area contributed by atoms with Crippen molar-refractivity contribution in [3.63, 3.8) is 0 Å². The van der Waals surface area contributed by atoms with Gasteiger partial charge in [-0.25, -0.2) is 0 Å². The van der Waals surface area contributed by atoms with Crippen LogP contribution >= 0.6 is 9.24 Å². The Morgan fingerprint density at radius 1 is 1.53 bits per heavy atom. The minimum atomic E-state index is -0.453. The van der Waals surface area contributed by atoms with Crippen LogP contribution in [0.2, 0.25) is 0 Å². The van der Waals surface area contributed by atoms with Crippen LogP contribution in [0.5, 0.6) is 0 Å². The van der Waals surface area contributed by atoms with Crippen molar-refractivity contribution in [3.05, 3.63) is 29.5 Å². The SMILES string of the molecule is C/C=C\c1cc(P)ncc1C(N)=O.CC. The molecule has 1 atom stereocenters. The lowest BCUT2D eigenvalue weighted by Crippen LogP contribution is -2.15. The molecule has 0 aromatic carbocycles. The van der Waals surface area contributed by atoms with Crippen LogP contribution in [-0.2, 0) is 0 Å². The molecule has 4 heteroatoms. The molecule has 0 fully saturated rings. The fourth-order valence-corrected chi connectivity index (χ4v) is 1.27. The molecule has 0 saturated carbocycles. The molecule has 1 rings (SSSR count). The van der Waals surface area contributed by atoms with Gasteiger partial charge in [-0.05, 0) is 18.6 Å². The Morgan fingerprint density at radius 2 is 2.13 bits per heavy atom. The van der Waals surface area contributed by atoms with Gasteiger partial charge in [0.05, 0.1) is 11.0 Å². The van der Waals surface area contributed by atoms with Gasteiger partial charge in [0.25, 0.3) is 5.91 Å². The number of hydrogen-bond acceptors (Lipinski definition) is 2. The highest BCUT2D eigenvalue weighted by atomic mass is 31.0. The van der Waals surface area contributed by atoms with Gasteiger partial charge in [-0.15, -0.1) is 0 Å². The Balaban J connectivity index is 0.000000921. The molecule has 82 valence electrons. The van der Waals surface area contributed by atoms with E-state index >= 15 is 0 Å². The maximum atomic E-state index is 10.9. The molecule has 1 aromatic rings. The Hall–Kier alpha value is -1.21. The van der Waals surface area contributed by atoms with E-state index in [0.717, 1.165) is 11.0 Å². The molecule has 1 unspecified atom stereocenters. The summed E-state index contributed by atoms with van der Waals surface area (Å²) < 4.78 is 0. The Bertz CT molecular complexity index is 362. The highest BCUT2D eigenvalue weighted by molar-refractivity contribution is 7.26. The number of pyridine rings is 1. The second-order valence-electron chi connectivity index (χ2n) is 2.56. The van der Waals surface area contributed by atoms with Gasteiger partial charge in [-0.1, -0.05) is 35.2 Å². The normalized spacial score (nSPS) is 9.60. The van der Waals surface area contributed by atoms with Crippen molar-refractivity contribution in [1.29, 1.82) is 0 Å². The van der Waals surface area contributed by atoms with E-state index in [-0.39, 0.29) is 0 Å². The number of allylic oxidation sites excluding steroid dienone is 1. The number of carbonyl (C=O) groups excluding carboxylic acids is 1. The molecule has 0 saturated heterocycles. The zero-order valence-corrected chi connectivity index (χ0v) is 10.5. The van der Waals surface area contributed by atoms with Gasteiger partial charge in [-0.2, -0.15) is 0 Å². The third kappa shape index (κ3) is 4.22. The Morgan fingerprint density at radius 3 is 2.60 bits per heavy atom. The predicted octanol–water partition coefficient (Wildman–Crippen LogP) is 1.74. The fraction of sp³-hybridized carbons (Fsp3) is 0.273. The largest absolute Gasteiger partial charge is 0.366 e. The standard InChI is InChI=1S/C9H11N2OP.C2H6/c1-2-3-6-4-8(13)11-5-7(6)9(10)12;1-2/h2-5H,13H2,1H3,(H2,10,12);1-2H3/b3-2-;. The Labute approximate surface area is 93.0 Å². The van der Waals surface area contributed by atoms with Crippen LogP contribution in [0.4, 0.5) is 0 Å². The number of rotatable bonds is 2. The number of carbonyl (C=O) groups is 1. The average molecular weight is 224 g/mol. The van der Waals surface area contributed by atoms with Gasteiger partial charge in [0.15, 0.2) is 0 Å². The van der Waals surface area contributed by atoms with Crippen LogP contribution in [0.25, 0.3) is 6.08 Å². The molecule has 0 spiro atoms. The van der Waals surface area contributed by atoms with E-state index in [0.29, 0.717) is 5.56 Å². The fourth-order valence-electron chi connectivity index (χ4n) is 1.01. The van der Waals surface area contributed by atoms with Gasteiger partial charge in [0, 0.05) is 6.20 Å². The summed E-state index contributed by atoms with van der Waals surface area (Å²) in [7, 11) is 2.47. The molecule has 0 radical (unpaired) electrons. The molecule has 0 aliphatic rings. The lowest BCUT2D eigenvalue weighted by atomic mass is 10.1. The van der Waals surface area contributed by atoms with Crippen molar-refractivity contribution in [3.8, 4) is 0 Å². The van der Waals surface area contributed by atoms with Crippen LogP contribution < -0.4 is 11.2 Å². The van der Waals surface area contributed by atoms with E-state index in [9.17, 15) is 4.79 Å². The molecular weight excluding hydrogens is 207 g/mol. The smallest absolute Gasteiger partial charge is 0.250 e. The van der Waals surface area contributed by atoms with E-state index in [2.05, 4.69) is 14.2 Å². The topological polar surface area (TPSA) is 56.0 Å². The summed E-state index contributed by atoms with van der Waals surface area (Å²) in [6.07, 6.45) is 5.17. The summed E-state index contributed by atoms with van der Waals surface area (Å²) in [4.78, 5) is 14.9. The van der Waals surface area contributed by atoms with Gasteiger partial charge >= 0.3 is 0 Å². The summed E-state index contributed by atoms with van der Waals surface area (Å²) in [5.74, 6) is -0.453. The van der Waals surface area contributed by atoms with Gasteiger partial charge in [0.1, 0.15) is 0 Å². The van der Waals surface area contributed by atoms with E-state index in [4.69, 9.17) is 5.73 Å². The zero-order valence-electron chi connectivity index (χ0n) is 9.32. The van der Waals surface area contributed by atoms with E-state index in [1.807, 2.05) is 32.9 Å². The molecule has 1 heterocycles.